The van der Waals surface area contributed by atoms with Crippen molar-refractivity contribution in [2.45, 2.75) is 45.3 Å². The molecule has 0 bridgehead atoms. The molecule has 1 aromatic carbocycles. The van der Waals surface area contributed by atoms with Crippen LogP contribution in [0.15, 0.2) is 30.3 Å². The lowest BCUT2D eigenvalue weighted by molar-refractivity contribution is -0.961. The SMILES string of the molecule is C[C@@H]1C[NH+](C(C)(C)C)C[C@](O)(c2ccccc2)C1. The summed E-state index contributed by atoms with van der Waals surface area (Å²) >= 11 is 0. The molecule has 1 aliphatic rings. The summed E-state index contributed by atoms with van der Waals surface area (Å²) in [6, 6.07) is 10.1. The fourth-order valence-corrected chi connectivity index (χ4v) is 3.11. The first-order chi connectivity index (χ1) is 8.31. The third-order valence-corrected chi connectivity index (χ3v) is 4.16. The molecule has 100 valence electrons. The lowest BCUT2D eigenvalue weighted by Crippen LogP contribution is -3.21. The lowest BCUT2D eigenvalue weighted by Gasteiger charge is -2.45. The van der Waals surface area contributed by atoms with E-state index in [1.807, 2.05) is 18.2 Å². The highest BCUT2D eigenvalue weighted by Crippen LogP contribution is 2.29. The van der Waals surface area contributed by atoms with E-state index < -0.39 is 5.60 Å². The second kappa shape index (κ2) is 4.67. The summed E-state index contributed by atoms with van der Waals surface area (Å²) in [7, 11) is 0. The molecule has 18 heavy (non-hydrogen) atoms. The Balaban J connectivity index is 2.28. The Labute approximate surface area is 111 Å². The second-order valence-electron chi connectivity index (χ2n) is 6.94. The van der Waals surface area contributed by atoms with Gasteiger partial charge in [0.25, 0.3) is 0 Å². The van der Waals surface area contributed by atoms with Gasteiger partial charge in [0.05, 0.1) is 12.1 Å². The predicted molar refractivity (Wildman–Crippen MR) is 74.6 cm³/mol. The maximum Gasteiger partial charge on any atom is 0.139 e. The molecular weight excluding hydrogens is 222 g/mol. The van der Waals surface area contributed by atoms with E-state index in [1.165, 1.54) is 4.90 Å². The molecule has 1 aromatic rings. The minimum absolute atomic E-state index is 0.192. The van der Waals surface area contributed by atoms with Gasteiger partial charge in [0.1, 0.15) is 12.1 Å². The van der Waals surface area contributed by atoms with Crippen molar-refractivity contribution in [2.75, 3.05) is 13.1 Å². The summed E-state index contributed by atoms with van der Waals surface area (Å²) in [6.45, 7) is 11.0. The second-order valence-corrected chi connectivity index (χ2v) is 6.94. The topological polar surface area (TPSA) is 24.7 Å². The minimum atomic E-state index is -0.665. The number of benzene rings is 1. The van der Waals surface area contributed by atoms with E-state index in [9.17, 15) is 5.11 Å². The predicted octanol–water partition coefficient (Wildman–Crippen LogP) is 1.60. The largest absolute Gasteiger partial charge is 0.379 e. The fourth-order valence-electron chi connectivity index (χ4n) is 3.11. The van der Waals surface area contributed by atoms with E-state index in [1.54, 1.807) is 0 Å². The molecule has 2 rings (SSSR count). The van der Waals surface area contributed by atoms with Crippen LogP contribution >= 0.6 is 0 Å². The molecular formula is C16H26NO+. The van der Waals surface area contributed by atoms with E-state index in [4.69, 9.17) is 0 Å². The van der Waals surface area contributed by atoms with Gasteiger partial charge < -0.3 is 10.0 Å². The van der Waals surface area contributed by atoms with E-state index in [2.05, 4.69) is 39.8 Å². The highest BCUT2D eigenvalue weighted by atomic mass is 16.3. The molecule has 2 N–H and O–H groups in total. The van der Waals surface area contributed by atoms with Gasteiger partial charge in [-0.1, -0.05) is 37.3 Å². The summed E-state index contributed by atoms with van der Waals surface area (Å²) in [5.41, 5.74) is 0.595. The Bertz CT molecular complexity index is 395. The van der Waals surface area contributed by atoms with Gasteiger partial charge in [-0.3, -0.25) is 0 Å². The maximum atomic E-state index is 11.0. The Morgan fingerprint density at radius 1 is 1.22 bits per heavy atom. The Morgan fingerprint density at radius 2 is 1.83 bits per heavy atom. The van der Waals surface area contributed by atoms with E-state index in [0.717, 1.165) is 25.1 Å². The quantitative estimate of drug-likeness (QED) is 0.775. The highest BCUT2D eigenvalue weighted by molar-refractivity contribution is 5.22. The molecule has 0 saturated carbocycles. The molecule has 1 aliphatic heterocycles. The maximum absolute atomic E-state index is 11.0. The number of aliphatic hydroxyl groups is 1. The van der Waals surface area contributed by atoms with E-state index in [0.29, 0.717) is 5.92 Å². The molecule has 2 nitrogen and oxygen atoms in total. The Kier molecular flexibility index (Phi) is 3.52. The van der Waals surface area contributed by atoms with Crippen molar-refractivity contribution < 1.29 is 10.0 Å². The average Bonchev–Trinajstić information content (AvgIpc) is 2.28. The van der Waals surface area contributed by atoms with Crippen molar-refractivity contribution in [3.8, 4) is 0 Å². The number of piperidine rings is 1. The van der Waals surface area contributed by atoms with Crippen LogP contribution in [0, 0.1) is 5.92 Å². The number of likely N-dealkylation sites (tertiary alicyclic amines) is 1. The standard InChI is InChI=1S/C16H25NO/c1-13-10-16(18,14-8-6-5-7-9-14)12-17(11-13)15(2,3)4/h5-9,13,18H,10-12H2,1-4H3/p+1/t13-,16-/m0/s1. The van der Waals surface area contributed by atoms with Gasteiger partial charge in [0, 0.05) is 5.92 Å². The normalized spacial score (nSPS) is 33.4. The lowest BCUT2D eigenvalue weighted by atomic mass is 9.79. The van der Waals surface area contributed by atoms with Crippen LogP contribution in [0.4, 0.5) is 0 Å². The van der Waals surface area contributed by atoms with E-state index in [-0.39, 0.29) is 5.54 Å². The smallest absolute Gasteiger partial charge is 0.139 e. The molecule has 1 heterocycles. The number of hydrogen-bond donors (Lipinski definition) is 2. The first-order valence-corrected chi connectivity index (χ1v) is 6.94. The third kappa shape index (κ3) is 2.76. The third-order valence-electron chi connectivity index (χ3n) is 4.16. The molecule has 0 amide bonds. The number of nitrogens with one attached hydrogen (secondary N) is 1. The Morgan fingerprint density at radius 3 is 2.39 bits per heavy atom. The molecule has 2 heteroatoms. The summed E-state index contributed by atoms with van der Waals surface area (Å²) in [6.07, 6.45) is 0.872. The fraction of sp³-hybridized carbons (Fsp3) is 0.625. The molecule has 3 atom stereocenters. The van der Waals surface area contributed by atoms with Crippen molar-refractivity contribution in [2.24, 2.45) is 5.92 Å². The van der Waals surface area contributed by atoms with Gasteiger partial charge in [-0.05, 0) is 32.8 Å². The van der Waals surface area contributed by atoms with Crippen molar-refractivity contribution in [1.82, 2.24) is 0 Å². The molecule has 1 unspecified atom stereocenters. The van der Waals surface area contributed by atoms with Crippen LogP contribution in [0.5, 0.6) is 0 Å². The van der Waals surface area contributed by atoms with Crippen molar-refractivity contribution >= 4 is 0 Å². The summed E-state index contributed by atoms with van der Waals surface area (Å²) < 4.78 is 0. The molecule has 1 saturated heterocycles. The number of hydrogen-bond acceptors (Lipinski definition) is 1. The van der Waals surface area contributed by atoms with Gasteiger partial charge >= 0.3 is 0 Å². The first kappa shape index (κ1) is 13.6. The summed E-state index contributed by atoms with van der Waals surface area (Å²) in [4.78, 5) is 1.49. The number of quaternary nitrogens is 1. The van der Waals surface area contributed by atoms with E-state index >= 15 is 0 Å². The van der Waals surface area contributed by atoms with Crippen LogP contribution in [0.3, 0.4) is 0 Å². The average molecular weight is 248 g/mol. The summed E-state index contributed by atoms with van der Waals surface area (Å²) in [5, 5.41) is 11.0. The minimum Gasteiger partial charge on any atom is -0.379 e. The Hall–Kier alpha value is -0.860. The zero-order valence-electron chi connectivity index (χ0n) is 12.0. The van der Waals surface area contributed by atoms with Gasteiger partial charge in [-0.15, -0.1) is 0 Å². The monoisotopic (exact) mass is 248 g/mol. The molecule has 0 aliphatic carbocycles. The van der Waals surface area contributed by atoms with Crippen molar-refractivity contribution in [1.29, 1.82) is 0 Å². The van der Waals surface area contributed by atoms with Gasteiger partial charge in [-0.25, -0.2) is 0 Å². The molecule has 0 aromatic heterocycles. The molecule has 0 radical (unpaired) electrons. The van der Waals surface area contributed by atoms with Gasteiger partial charge in [0.2, 0.25) is 0 Å². The van der Waals surface area contributed by atoms with Crippen LogP contribution in [0.2, 0.25) is 0 Å². The number of rotatable bonds is 1. The first-order valence-electron chi connectivity index (χ1n) is 6.94. The summed E-state index contributed by atoms with van der Waals surface area (Å²) in [5.74, 6) is 0.554. The highest BCUT2D eigenvalue weighted by Gasteiger charge is 2.44. The van der Waals surface area contributed by atoms with Crippen LogP contribution in [0.25, 0.3) is 0 Å². The van der Waals surface area contributed by atoms with Crippen molar-refractivity contribution in [3.63, 3.8) is 0 Å². The zero-order valence-corrected chi connectivity index (χ0v) is 12.0. The van der Waals surface area contributed by atoms with Gasteiger partial charge in [0.15, 0.2) is 0 Å². The zero-order chi connectivity index (χ0) is 13.4. The molecule has 1 fully saturated rings. The molecule has 0 spiro atoms. The van der Waals surface area contributed by atoms with Crippen LogP contribution in [-0.2, 0) is 5.60 Å². The van der Waals surface area contributed by atoms with Crippen LogP contribution < -0.4 is 4.90 Å². The van der Waals surface area contributed by atoms with Crippen LogP contribution in [0.1, 0.15) is 39.7 Å². The van der Waals surface area contributed by atoms with Crippen molar-refractivity contribution in [3.05, 3.63) is 35.9 Å². The van der Waals surface area contributed by atoms with Crippen LogP contribution in [-0.4, -0.2) is 23.7 Å². The van der Waals surface area contributed by atoms with Gasteiger partial charge in [-0.2, -0.15) is 0 Å².